The summed E-state index contributed by atoms with van der Waals surface area (Å²) in [7, 11) is 0. The fraction of sp³-hybridized carbons (Fsp3) is 0.169. The Balaban J connectivity index is 0.964. The number of fused-ring (bicyclic) bond motifs is 5. The first-order valence-electron chi connectivity index (χ1n) is 22.3. The lowest BCUT2D eigenvalue weighted by molar-refractivity contribution is 0.481. The standard InChI is InChI=1S/C59H51N3O2/c1-38-30-53-54(31-39(38)2)62(45-33-42(58(3,4)40-18-9-7-10-19-40)32-43(34-45)59(5,6)41-20-11-8-12-21-41)37-61(53)44-22-17-23-46(35-44)63-47-28-29-49-48-24-13-14-25-50(48)56(51(49)36-47)57-60-52-26-15-16-27-55(52)64-57/h7-36,56H,37H2,1-6H3. The highest BCUT2D eigenvalue weighted by molar-refractivity contribution is 5.89. The number of ether oxygens (including phenoxy) is 1. The van der Waals surface area contributed by atoms with E-state index in [0.717, 1.165) is 33.8 Å². The Bertz CT molecular complexity index is 3120. The molecular weight excluding hydrogens is 783 g/mol. The lowest BCUT2D eigenvalue weighted by atomic mass is 9.73. The van der Waals surface area contributed by atoms with E-state index in [9.17, 15) is 0 Å². The highest BCUT2D eigenvalue weighted by Gasteiger charge is 2.36. The Morgan fingerprint density at radius 2 is 1.08 bits per heavy atom. The molecule has 0 saturated carbocycles. The molecule has 5 nitrogen and oxygen atoms in total. The minimum atomic E-state index is -0.237. The Hall–Kier alpha value is -7.37. The molecule has 0 bridgehead atoms. The van der Waals surface area contributed by atoms with Crippen molar-refractivity contribution >= 4 is 33.8 Å². The predicted molar refractivity (Wildman–Crippen MR) is 262 cm³/mol. The summed E-state index contributed by atoms with van der Waals surface area (Å²) in [6.45, 7) is 14.5. The quantitative estimate of drug-likeness (QED) is 0.145. The molecule has 1 aliphatic carbocycles. The van der Waals surface area contributed by atoms with E-state index in [1.165, 1.54) is 67.1 Å². The van der Waals surface area contributed by atoms with Gasteiger partial charge in [-0.05, 0) is 130 Å². The molecule has 1 unspecified atom stereocenters. The lowest BCUT2D eigenvalue weighted by Gasteiger charge is -2.33. The fourth-order valence-corrected chi connectivity index (χ4v) is 9.87. The van der Waals surface area contributed by atoms with Gasteiger partial charge in [-0.1, -0.05) is 143 Å². The van der Waals surface area contributed by atoms with Crippen LogP contribution >= 0.6 is 0 Å². The van der Waals surface area contributed by atoms with Crippen molar-refractivity contribution < 1.29 is 9.15 Å². The molecular formula is C59H51N3O2. The average molecular weight is 834 g/mol. The maximum atomic E-state index is 6.79. The zero-order chi connectivity index (χ0) is 43.7. The van der Waals surface area contributed by atoms with Crippen molar-refractivity contribution in [1.29, 1.82) is 0 Å². The van der Waals surface area contributed by atoms with Crippen LogP contribution in [0, 0.1) is 13.8 Å². The lowest BCUT2D eigenvalue weighted by Crippen LogP contribution is -2.27. The molecule has 64 heavy (non-hydrogen) atoms. The Morgan fingerprint density at radius 3 is 1.75 bits per heavy atom. The molecule has 5 heteroatoms. The van der Waals surface area contributed by atoms with Crippen molar-refractivity contribution in [3.8, 4) is 22.6 Å². The van der Waals surface area contributed by atoms with E-state index in [-0.39, 0.29) is 16.7 Å². The number of hydrogen-bond acceptors (Lipinski definition) is 5. The number of rotatable bonds is 9. The van der Waals surface area contributed by atoms with Crippen LogP contribution in [0.5, 0.6) is 11.5 Å². The highest BCUT2D eigenvalue weighted by Crippen LogP contribution is 2.51. The molecule has 1 aromatic heterocycles. The second-order valence-electron chi connectivity index (χ2n) is 18.6. The maximum absolute atomic E-state index is 6.79. The van der Waals surface area contributed by atoms with Gasteiger partial charge < -0.3 is 19.0 Å². The van der Waals surface area contributed by atoms with Gasteiger partial charge in [0.2, 0.25) is 5.89 Å². The second kappa shape index (κ2) is 15.2. The number of hydrogen-bond donors (Lipinski definition) is 0. The van der Waals surface area contributed by atoms with Crippen molar-refractivity contribution in [1.82, 2.24) is 4.98 Å². The molecule has 314 valence electrons. The summed E-state index contributed by atoms with van der Waals surface area (Å²) in [5.74, 6) is 2.10. The van der Waals surface area contributed by atoms with E-state index in [2.05, 4.69) is 203 Å². The molecule has 2 heterocycles. The molecule has 8 aromatic carbocycles. The van der Waals surface area contributed by atoms with Gasteiger partial charge >= 0.3 is 0 Å². The first kappa shape index (κ1) is 39.5. The maximum Gasteiger partial charge on any atom is 0.207 e. The third-order valence-electron chi connectivity index (χ3n) is 13.9. The number of benzene rings is 8. The van der Waals surface area contributed by atoms with Crippen LogP contribution in [0.1, 0.15) is 84.0 Å². The number of aromatic nitrogens is 1. The fourth-order valence-electron chi connectivity index (χ4n) is 9.87. The summed E-state index contributed by atoms with van der Waals surface area (Å²) >= 11 is 0. The van der Waals surface area contributed by atoms with Crippen molar-refractivity contribution in [3.63, 3.8) is 0 Å². The van der Waals surface area contributed by atoms with Gasteiger partial charge in [0.1, 0.15) is 23.7 Å². The van der Waals surface area contributed by atoms with E-state index in [1.807, 2.05) is 30.3 Å². The van der Waals surface area contributed by atoms with Gasteiger partial charge in [-0.2, -0.15) is 0 Å². The predicted octanol–water partition coefficient (Wildman–Crippen LogP) is 15.3. The number of nitrogens with zero attached hydrogens (tertiary/aromatic N) is 3. The first-order valence-corrected chi connectivity index (χ1v) is 22.3. The van der Waals surface area contributed by atoms with Crippen molar-refractivity contribution in [2.45, 2.75) is 58.3 Å². The van der Waals surface area contributed by atoms with Gasteiger partial charge in [0.15, 0.2) is 5.58 Å². The van der Waals surface area contributed by atoms with Crippen molar-refractivity contribution in [2.24, 2.45) is 0 Å². The van der Waals surface area contributed by atoms with Gasteiger partial charge in [-0.3, -0.25) is 0 Å². The molecule has 9 aromatic rings. The Morgan fingerprint density at radius 1 is 0.500 bits per heavy atom. The Labute approximate surface area is 376 Å². The topological polar surface area (TPSA) is 41.7 Å². The van der Waals surface area contributed by atoms with Crippen LogP contribution in [0.2, 0.25) is 0 Å². The summed E-state index contributed by atoms with van der Waals surface area (Å²) in [4.78, 5) is 9.88. The van der Waals surface area contributed by atoms with Gasteiger partial charge in [-0.15, -0.1) is 0 Å². The van der Waals surface area contributed by atoms with E-state index < -0.39 is 0 Å². The normalized spacial score (nSPS) is 14.4. The van der Waals surface area contributed by atoms with Gasteiger partial charge in [0.05, 0.1) is 17.3 Å². The van der Waals surface area contributed by atoms with E-state index in [4.69, 9.17) is 14.1 Å². The number of oxazole rings is 1. The largest absolute Gasteiger partial charge is 0.457 e. The van der Waals surface area contributed by atoms with Crippen LogP contribution in [0.3, 0.4) is 0 Å². The second-order valence-corrected chi connectivity index (χ2v) is 18.6. The number of para-hydroxylation sites is 2. The minimum absolute atomic E-state index is 0.136. The summed E-state index contributed by atoms with van der Waals surface area (Å²) in [5.41, 5.74) is 18.1. The zero-order valence-electron chi connectivity index (χ0n) is 37.3. The van der Waals surface area contributed by atoms with Crippen LogP contribution < -0.4 is 14.5 Å². The summed E-state index contributed by atoms with van der Waals surface area (Å²) in [6, 6.07) is 65.2. The number of aryl methyl sites for hydroxylation is 2. The third-order valence-corrected chi connectivity index (χ3v) is 13.9. The zero-order valence-corrected chi connectivity index (χ0v) is 37.3. The monoisotopic (exact) mass is 833 g/mol. The Kier molecular flexibility index (Phi) is 9.35. The molecule has 1 aliphatic heterocycles. The first-order chi connectivity index (χ1) is 31.0. The molecule has 0 amide bonds. The summed E-state index contributed by atoms with van der Waals surface area (Å²) in [6.07, 6.45) is 0. The van der Waals surface area contributed by atoms with Crippen LogP contribution in [-0.4, -0.2) is 11.7 Å². The van der Waals surface area contributed by atoms with E-state index in [0.29, 0.717) is 12.6 Å². The van der Waals surface area contributed by atoms with Gasteiger partial charge in [0, 0.05) is 28.3 Å². The summed E-state index contributed by atoms with van der Waals surface area (Å²) < 4.78 is 13.2. The van der Waals surface area contributed by atoms with Crippen LogP contribution in [0.15, 0.2) is 186 Å². The number of anilines is 4. The molecule has 0 radical (unpaired) electrons. The van der Waals surface area contributed by atoms with Crippen molar-refractivity contribution in [2.75, 3.05) is 16.5 Å². The summed E-state index contributed by atoms with van der Waals surface area (Å²) in [5, 5.41) is 0. The third kappa shape index (κ3) is 6.66. The molecule has 0 saturated heterocycles. The van der Waals surface area contributed by atoms with Crippen molar-refractivity contribution in [3.05, 3.63) is 232 Å². The minimum Gasteiger partial charge on any atom is -0.457 e. The van der Waals surface area contributed by atoms with Gasteiger partial charge in [0.25, 0.3) is 0 Å². The van der Waals surface area contributed by atoms with Crippen LogP contribution in [0.4, 0.5) is 22.7 Å². The molecule has 1 atom stereocenters. The van der Waals surface area contributed by atoms with Crippen LogP contribution in [0.25, 0.3) is 22.2 Å². The SMILES string of the molecule is Cc1cc2c(cc1C)N(c1cc(C(C)(C)c3ccccc3)cc(C(C)(C)c3ccccc3)c1)CN2c1cccc(Oc2ccc3c(c2)C(c2nc4ccccc4o2)c2ccccc2-3)c1. The molecule has 0 spiro atoms. The highest BCUT2D eigenvalue weighted by atomic mass is 16.5. The van der Waals surface area contributed by atoms with E-state index in [1.54, 1.807) is 0 Å². The van der Waals surface area contributed by atoms with Crippen LogP contribution in [-0.2, 0) is 10.8 Å². The molecule has 2 aliphatic rings. The molecule has 0 fully saturated rings. The van der Waals surface area contributed by atoms with Gasteiger partial charge in [-0.25, -0.2) is 4.98 Å². The molecule has 11 rings (SSSR count). The average Bonchev–Trinajstić information content (AvgIpc) is 4.01. The van der Waals surface area contributed by atoms with E-state index >= 15 is 0 Å². The molecule has 0 N–H and O–H groups in total. The smallest absolute Gasteiger partial charge is 0.207 e.